The Balaban J connectivity index is 2.74. The van der Waals surface area contributed by atoms with Crippen LogP contribution < -0.4 is 5.32 Å². The molecule has 1 unspecified atom stereocenters. The van der Waals surface area contributed by atoms with Crippen LogP contribution in [0.25, 0.3) is 0 Å². The van der Waals surface area contributed by atoms with Crippen molar-refractivity contribution in [2.45, 2.75) is 19.8 Å². The molecule has 0 aliphatic rings. The highest BCUT2D eigenvalue weighted by Gasteiger charge is 2.01. The Labute approximate surface area is 79.0 Å². The minimum Gasteiger partial charge on any atom is -0.385 e. The van der Waals surface area contributed by atoms with Gasteiger partial charge in [0.05, 0.1) is 0 Å². The first-order valence-electron chi connectivity index (χ1n) is 4.57. The summed E-state index contributed by atoms with van der Waals surface area (Å²) < 4.78 is 0. The fourth-order valence-electron chi connectivity index (χ4n) is 1.19. The summed E-state index contributed by atoms with van der Waals surface area (Å²) in [7, 11) is 0. The van der Waals surface area contributed by atoms with E-state index in [1.807, 2.05) is 31.2 Å². The molecular formula is C11H15NO. The Morgan fingerprint density at radius 1 is 1.38 bits per heavy atom. The summed E-state index contributed by atoms with van der Waals surface area (Å²) in [4.78, 5) is 10.5. The number of nitrogens with one attached hydrogen (secondary N) is 1. The summed E-state index contributed by atoms with van der Waals surface area (Å²) in [6.07, 6.45) is 0.961. The molecule has 1 aromatic carbocycles. The van der Waals surface area contributed by atoms with Crippen LogP contribution in [-0.2, 0) is 4.79 Å². The number of anilines is 1. The second-order valence-corrected chi connectivity index (χ2v) is 3.08. The zero-order valence-electron chi connectivity index (χ0n) is 8.08. The molecular weight excluding hydrogens is 162 g/mol. The van der Waals surface area contributed by atoms with Crippen molar-refractivity contribution in [3.63, 3.8) is 0 Å². The lowest BCUT2D eigenvalue weighted by Gasteiger charge is -2.06. The van der Waals surface area contributed by atoms with Crippen LogP contribution >= 0.6 is 0 Å². The largest absolute Gasteiger partial charge is 0.385 e. The second-order valence-electron chi connectivity index (χ2n) is 3.08. The van der Waals surface area contributed by atoms with Crippen LogP contribution in [0.5, 0.6) is 0 Å². The number of carbonyl (C=O) groups is 1. The molecule has 13 heavy (non-hydrogen) atoms. The van der Waals surface area contributed by atoms with E-state index in [0.29, 0.717) is 0 Å². The summed E-state index contributed by atoms with van der Waals surface area (Å²) >= 11 is 0. The van der Waals surface area contributed by atoms with Gasteiger partial charge in [-0.1, -0.05) is 19.1 Å². The van der Waals surface area contributed by atoms with Gasteiger partial charge < -0.3 is 10.1 Å². The zero-order chi connectivity index (χ0) is 9.68. The second kappa shape index (κ2) is 4.65. The maximum atomic E-state index is 10.5. The smallest absolute Gasteiger partial charge is 0.127 e. The van der Waals surface area contributed by atoms with Gasteiger partial charge in [0.15, 0.2) is 0 Å². The minimum atomic E-state index is -0.00400. The first-order valence-corrected chi connectivity index (χ1v) is 4.57. The fourth-order valence-corrected chi connectivity index (χ4v) is 1.19. The van der Waals surface area contributed by atoms with E-state index in [4.69, 9.17) is 0 Å². The highest BCUT2D eigenvalue weighted by molar-refractivity contribution is 5.62. The quantitative estimate of drug-likeness (QED) is 0.715. The fraction of sp³-hybridized carbons (Fsp3) is 0.364. The van der Waals surface area contributed by atoms with Crippen LogP contribution in [0, 0.1) is 0 Å². The van der Waals surface area contributed by atoms with Gasteiger partial charge >= 0.3 is 0 Å². The molecule has 1 rings (SSSR count). The maximum absolute atomic E-state index is 10.5. The van der Waals surface area contributed by atoms with Gasteiger partial charge in [0.1, 0.15) is 6.29 Å². The van der Waals surface area contributed by atoms with Crippen LogP contribution in [0.2, 0.25) is 0 Å². The monoisotopic (exact) mass is 177 g/mol. The molecule has 0 fully saturated rings. The normalized spacial score (nSPS) is 12.2. The van der Waals surface area contributed by atoms with Crippen molar-refractivity contribution in [3.8, 4) is 0 Å². The van der Waals surface area contributed by atoms with Crippen LogP contribution in [0.1, 0.15) is 25.3 Å². The molecule has 0 radical (unpaired) electrons. The molecule has 0 aromatic heterocycles. The van der Waals surface area contributed by atoms with Crippen LogP contribution in [0.15, 0.2) is 24.3 Å². The highest BCUT2D eigenvalue weighted by Crippen LogP contribution is 2.15. The van der Waals surface area contributed by atoms with Crippen molar-refractivity contribution < 1.29 is 4.79 Å². The van der Waals surface area contributed by atoms with Gasteiger partial charge in [-0.2, -0.15) is 0 Å². The minimum absolute atomic E-state index is 0.00400. The van der Waals surface area contributed by atoms with E-state index in [9.17, 15) is 4.79 Å². The highest BCUT2D eigenvalue weighted by atomic mass is 16.1. The van der Waals surface area contributed by atoms with Gasteiger partial charge in [-0.3, -0.25) is 0 Å². The van der Waals surface area contributed by atoms with Gasteiger partial charge in [-0.15, -0.1) is 0 Å². The first-order chi connectivity index (χ1) is 6.27. The molecule has 0 aliphatic carbocycles. The van der Waals surface area contributed by atoms with Crippen LogP contribution in [0.4, 0.5) is 5.69 Å². The average molecular weight is 177 g/mol. The van der Waals surface area contributed by atoms with E-state index < -0.39 is 0 Å². The van der Waals surface area contributed by atoms with Gasteiger partial charge in [-0.05, 0) is 24.6 Å². The molecule has 0 spiro atoms. The van der Waals surface area contributed by atoms with Crippen LogP contribution in [-0.4, -0.2) is 12.8 Å². The van der Waals surface area contributed by atoms with Gasteiger partial charge in [0, 0.05) is 18.2 Å². The lowest BCUT2D eigenvalue weighted by Crippen LogP contribution is -1.98. The molecule has 0 aliphatic heterocycles. The molecule has 0 saturated carbocycles. The SMILES string of the molecule is CCNc1ccc(C(C)C=O)cc1. The summed E-state index contributed by atoms with van der Waals surface area (Å²) in [5.41, 5.74) is 2.17. The Morgan fingerprint density at radius 2 is 2.00 bits per heavy atom. The summed E-state index contributed by atoms with van der Waals surface area (Å²) in [6.45, 7) is 4.87. The van der Waals surface area contributed by atoms with E-state index in [-0.39, 0.29) is 5.92 Å². The molecule has 1 aromatic rings. The number of aldehydes is 1. The third kappa shape index (κ3) is 2.58. The molecule has 0 saturated heterocycles. The van der Waals surface area contributed by atoms with Gasteiger partial charge in [0.25, 0.3) is 0 Å². The molecule has 2 heteroatoms. The summed E-state index contributed by atoms with van der Waals surface area (Å²) in [6, 6.07) is 7.96. The Bertz CT molecular complexity index is 266. The molecule has 0 heterocycles. The van der Waals surface area contributed by atoms with Crippen molar-refractivity contribution in [1.82, 2.24) is 0 Å². The number of rotatable bonds is 4. The number of hydrogen-bond donors (Lipinski definition) is 1. The zero-order valence-corrected chi connectivity index (χ0v) is 8.08. The van der Waals surface area contributed by atoms with Crippen molar-refractivity contribution in [2.24, 2.45) is 0 Å². The average Bonchev–Trinajstić information content (AvgIpc) is 2.18. The Morgan fingerprint density at radius 3 is 2.46 bits per heavy atom. The van der Waals surface area contributed by atoms with E-state index >= 15 is 0 Å². The number of hydrogen-bond acceptors (Lipinski definition) is 2. The number of carbonyl (C=O) groups excluding carboxylic acids is 1. The van der Waals surface area contributed by atoms with Crippen molar-refractivity contribution in [1.29, 1.82) is 0 Å². The lowest BCUT2D eigenvalue weighted by atomic mass is 10.0. The Hall–Kier alpha value is -1.31. The van der Waals surface area contributed by atoms with E-state index in [1.54, 1.807) is 0 Å². The molecule has 0 amide bonds. The number of benzene rings is 1. The van der Waals surface area contributed by atoms with Gasteiger partial charge in [0.2, 0.25) is 0 Å². The van der Waals surface area contributed by atoms with Crippen molar-refractivity contribution in [2.75, 3.05) is 11.9 Å². The predicted octanol–water partition coefficient (Wildman–Crippen LogP) is 2.42. The third-order valence-electron chi connectivity index (χ3n) is 2.02. The maximum Gasteiger partial charge on any atom is 0.127 e. The summed E-state index contributed by atoms with van der Waals surface area (Å²) in [5.74, 6) is -0.00400. The summed E-state index contributed by atoms with van der Waals surface area (Å²) in [5, 5.41) is 3.20. The van der Waals surface area contributed by atoms with E-state index in [0.717, 1.165) is 24.1 Å². The standard InChI is InChI=1S/C11H15NO/c1-3-12-11-6-4-10(5-7-11)9(2)8-13/h4-9,12H,3H2,1-2H3. The van der Waals surface area contributed by atoms with Gasteiger partial charge in [-0.25, -0.2) is 0 Å². The van der Waals surface area contributed by atoms with E-state index in [1.165, 1.54) is 0 Å². The molecule has 1 N–H and O–H groups in total. The van der Waals surface area contributed by atoms with Crippen molar-refractivity contribution in [3.05, 3.63) is 29.8 Å². The predicted molar refractivity (Wildman–Crippen MR) is 55.1 cm³/mol. The topological polar surface area (TPSA) is 29.1 Å². The molecule has 70 valence electrons. The van der Waals surface area contributed by atoms with Crippen molar-refractivity contribution >= 4 is 12.0 Å². The van der Waals surface area contributed by atoms with E-state index in [2.05, 4.69) is 12.2 Å². The molecule has 1 atom stereocenters. The third-order valence-corrected chi connectivity index (χ3v) is 2.02. The molecule has 2 nitrogen and oxygen atoms in total. The first kappa shape index (κ1) is 9.78. The lowest BCUT2D eigenvalue weighted by molar-refractivity contribution is -0.108. The van der Waals surface area contributed by atoms with Crippen LogP contribution in [0.3, 0.4) is 0 Å². The Kier molecular flexibility index (Phi) is 3.50. The molecule has 0 bridgehead atoms.